The number of rotatable bonds is 7. The molecule has 2 N–H and O–H groups in total. The van der Waals surface area contributed by atoms with E-state index in [1.165, 1.54) is 10.6 Å². The van der Waals surface area contributed by atoms with E-state index in [-0.39, 0.29) is 28.2 Å². The van der Waals surface area contributed by atoms with Crippen LogP contribution in [0.15, 0.2) is 41.5 Å². The summed E-state index contributed by atoms with van der Waals surface area (Å²) in [6.45, 7) is 5.45. The zero-order valence-corrected chi connectivity index (χ0v) is 20.5. The van der Waals surface area contributed by atoms with Crippen LogP contribution in [0.5, 0.6) is 5.75 Å². The number of aromatic nitrogens is 2. The van der Waals surface area contributed by atoms with Gasteiger partial charge in [-0.2, -0.15) is 13.2 Å². The van der Waals surface area contributed by atoms with Crippen LogP contribution in [-0.2, 0) is 17.5 Å². The van der Waals surface area contributed by atoms with E-state index >= 15 is 0 Å². The monoisotopic (exact) mass is 520 g/mol. The molecule has 5 rings (SSSR count). The molecule has 1 aromatic carbocycles. The van der Waals surface area contributed by atoms with E-state index in [1.807, 2.05) is 0 Å². The molecule has 1 amide bonds. The number of ether oxygens (including phenoxy) is 1. The third-order valence-corrected chi connectivity index (χ3v) is 7.19. The Bertz CT molecular complexity index is 1410. The molecule has 1 aliphatic carbocycles. The van der Waals surface area contributed by atoms with Crippen molar-refractivity contribution in [2.45, 2.75) is 45.5 Å². The van der Waals surface area contributed by atoms with E-state index < -0.39 is 35.6 Å². The summed E-state index contributed by atoms with van der Waals surface area (Å²) in [5.74, 6) is -0.827. The maximum absolute atomic E-state index is 14.0. The lowest BCUT2D eigenvalue weighted by Gasteiger charge is -2.22. The number of alkyl halides is 3. The highest BCUT2D eigenvalue weighted by Crippen LogP contribution is 2.55. The Hall–Kier alpha value is -3.34. The number of carbonyl (C=O) groups excluding carboxylic acids is 1. The van der Waals surface area contributed by atoms with Crippen molar-refractivity contribution in [2.75, 3.05) is 19.7 Å². The molecular formula is C26H28F4N4O3. The first-order valence-electron chi connectivity index (χ1n) is 12.2. The highest BCUT2D eigenvalue weighted by molar-refractivity contribution is 5.77. The van der Waals surface area contributed by atoms with Crippen LogP contribution in [0.1, 0.15) is 32.3 Å². The Kier molecular flexibility index (Phi) is 6.29. The molecule has 7 nitrogen and oxygen atoms in total. The number of benzene rings is 1. The molecule has 3 heterocycles. The average Bonchev–Trinajstić information content (AvgIpc) is 3.41. The molecule has 1 saturated heterocycles. The molecule has 0 radical (unpaired) electrons. The molecule has 2 aromatic heterocycles. The summed E-state index contributed by atoms with van der Waals surface area (Å²) >= 11 is 0. The van der Waals surface area contributed by atoms with Crippen molar-refractivity contribution < 1.29 is 27.1 Å². The number of hydrogen-bond donors (Lipinski definition) is 2. The van der Waals surface area contributed by atoms with Gasteiger partial charge in [-0.15, -0.1) is 0 Å². The summed E-state index contributed by atoms with van der Waals surface area (Å²) in [6.07, 6.45) is 0.316. The fourth-order valence-corrected chi connectivity index (χ4v) is 5.19. The molecular weight excluding hydrogens is 492 g/mol. The lowest BCUT2D eigenvalue weighted by molar-refractivity contribution is -0.140. The standard InChI is InChI=1S/C26H28F4N4O3/c1-15(2)32-23(35)12-34-22(16-3-4-20(27)19(7-16)26(28,29)30)11-33-10-18(8-21(33)24(34)36)37-14-25-9-17(25)5-6-31-13-25/h3-4,7-8,10-11,15,17,31H,5-6,9,12-14H2,1-2H3,(H,32,35)/t17-,25-/m0/s1. The smallest absolute Gasteiger partial charge is 0.419 e. The topological polar surface area (TPSA) is 76.8 Å². The number of halogens is 4. The second kappa shape index (κ2) is 9.20. The summed E-state index contributed by atoms with van der Waals surface area (Å²) in [5, 5.41) is 6.07. The largest absolute Gasteiger partial charge is 0.491 e. The third-order valence-electron chi connectivity index (χ3n) is 7.19. The average molecular weight is 521 g/mol. The fraction of sp³-hybridized carbons (Fsp3) is 0.462. The van der Waals surface area contributed by atoms with Crippen LogP contribution in [0.3, 0.4) is 0 Å². The first-order valence-corrected chi connectivity index (χ1v) is 12.2. The van der Waals surface area contributed by atoms with Gasteiger partial charge in [0.1, 0.15) is 23.6 Å². The molecule has 3 aromatic rings. The fourth-order valence-electron chi connectivity index (χ4n) is 5.19. The quantitative estimate of drug-likeness (QED) is 0.465. The molecule has 2 aliphatic rings. The van der Waals surface area contributed by atoms with E-state index in [0.717, 1.165) is 36.6 Å². The summed E-state index contributed by atoms with van der Waals surface area (Å²) in [7, 11) is 0. The maximum atomic E-state index is 14.0. The van der Waals surface area contributed by atoms with E-state index in [2.05, 4.69) is 10.6 Å². The maximum Gasteiger partial charge on any atom is 0.419 e. The highest BCUT2D eigenvalue weighted by atomic mass is 19.4. The predicted molar refractivity (Wildman–Crippen MR) is 129 cm³/mol. The van der Waals surface area contributed by atoms with Crippen molar-refractivity contribution in [3.05, 3.63) is 58.4 Å². The number of nitrogens with zero attached hydrogens (tertiary/aromatic N) is 2. The van der Waals surface area contributed by atoms with Crippen molar-refractivity contribution in [1.82, 2.24) is 19.6 Å². The van der Waals surface area contributed by atoms with Crippen molar-refractivity contribution in [3.63, 3.8) is 0 Å². The van der Waals surface area contributed by atoms with Gasteiger partial charge in [0.25, 0.3) is 5.56 Å². The number of hydrogen-bond acceptors (Lipinski definition) is 4. The van der Waals surface area contributed by atoms with Crippen LogP contribution in [0, 0.1) is 17.2 Å². The van der Waals surface area contributed by atoms with Gasteiger partial charge in [-0.3, -0.25) is 14.2 Å². The Morgan fingerprint density at radius 2 is 2.05 bits per heavy atom. The lowest BCUT2D eigenvalue weighted by atomic mass is 10.00. The Labute approximate surface area is 210 Å². The number of nitrogens with one attached hydrogen (secondary N) is 2. The van der Waals surface area contributed by atoms with Crippen LogP contribution in [0.4, 0.5) is 17.6 Å². The zero-order valence-electron chi connectivity index (χ0n) is 20.5. The number of amides is 1. The minimum Gasteiger partial charge on any atom is -0.491 e. The molecule has 2 atom stereocenters. The minimum atomic E-state index is -4.92. The molecule has 0 bridgehead atoms. The molecule has 2 fully saturated rings. The van der Waals surface area contributed by atoms with Crippen molar-refractivity contribution in [2.24, 2.45) is 11.3 Å². The van der Waals surface area contributed by atoms with Crippen molar-refractivity contribution in [3.8, 4) is 17.0 Å². The highest BCUT2D eigenvalue weighted by Gasteiger charge is 2.55. The van der Waals surface area contributed by atoms with Crippen LogP contribution in [-0.4, -0.2) is 40.6 Å². The summed E-state index contributed by atoms with van der Waals surface area (Å²) in [6, 6.07) is 3.88. The Morgan fingerprint density at radius 1 is 1.27 bits per heavy atom. The second-order valence-corrected chi connectivity index (χ2v) is 10.3. The van der Waals surface area contributed by atoms with Gasteiger partial charge >= 0.3 is 6.18 Å². The van der Waals surface area contributed by atoms with Gasteiger partial charge in [0, 0.05) is 35.8 Å². The van der Waals surface area contributed by atoms with Gasteiger partial charge in [0.05, 0.1) is 24.1 Å². The van der Waals surface area contributed by atoms with Crippen LogP contribution >= 0.6 is 0 Å². The number of carbonyl (C=O) groups is 1. The van der Waals surface area contributed by atoms with Crippen LogP contribution < -0.4 is 20.9 Å². The van der Waals surface area contributed by atoms with Gasteiger partial charge < -0.3 is 19.8 Å². The van der Waals surface area contributed by atoms with Crippen molar-refractivity contribution in [1.29, 1.82) is 0 Å². The number of fused-ring (bicyclic) bond motifs is 2. The second-order valence-electron chi connectivity index (χ2n) is 10.3. The normalized spacial score (nSPS) is 21.2. The van der Waals surface area contributed by atoms with E-state index in [9.17, 15) is 27.2 Å². The van der Waals surface area contributed by atoms with E-state index in [0.29, 0.717) is 30.4 Å². The minimum absolute atomic E-state index is 0.0430. The van der Waals surface area contributed by atoms with E-state index in [4.69, 9.17) is 4.74 Å². The Balaban J connectivity index is 1.55. The SMILES string of the molecule is CC(C)NC(=O)Cn1c(-c2ccc(F)c(C(F)(F)F)c2)cn2cc(OC[C@]34CNCC[C@H]3C4)cc2c1=O. The molecule has 0 spiro atoms. The van der Waals surface area contributed by atoms with Gasteiger partial charge in [0.2, 0.25) is 5.91 Å². The summed E-state index contributed by atoms with van der Waals surface area (Å²) < 4.78 is 62.8. The molecule has 11 heteroatoms. The van der Waals surface area contributed by atoms with Gasteiger partial charge in [-0.05, 0) is 57.4 Å². The molecule has 198 valence electrons. The first-order chi connectivity index (χ1) is 17.5. The molecule has 1 saturated carbocycles. The molecule has 1 aliphatic heterocycles. The molecule has 37 heavy (non-hydrogen) atoms. The van der Waals surface area contributed by atoms with Crippen LogP contribution in [0.25, 0.3) is 16.8 Å². The predicted octanol–water partition coefficient (Wildman–Crippen LogP) is 3.83. The summed E-state index contributed by atoms with van der Waals surface area (Å²) in [4.78, 5) is 26.0. The van der Waals surface area contributed by atoms with Gasteiger partial charge in [0.15, 0.2) is 0 Å². The number of piperidine rings is 1. The lowest BCUT2D eigenvalue weighted by Crippen LogP contribution is -2.37. The van der Waals surface area contributed by atoms with Gasteiger partial charge in [-0.25, -0.2) is 4.39 Å². The molecule has 0 unspecified atom stereocenters. The summed E-state index contributed by atoms with van der Waals surface area (Å²) in [5.41, 5.74) is -1.73. The first kappa shape index (κ1) is 25.3. The van der Waals surface area contributed by atoms with Crippen LogP contribution in [0.2, 0.25) is 0 Å². The third kappa shape index (κ3) is 4.96. The zero-order chi connectivity index (χ0) is 26.5. The Morgan fingerprint density at radius 3 is 2.76 bits per heavy atom. The van der Waals surface area contributed by atoms with Gasteiger partial charge in [-0.1, -0.05) is 0 Å². The van der Waals surface area contributed by atoms with E-state index in [1.54, 1.807) is 26.1 Å². The van der Waals surface area contributed by atoms with Crippen molar-refractivity contribution >= 4 is 11.4 Å².